The summed E-state index contributed by atoms with van der Waals surface area (Å²) in [5.74, 6) is 0. The van der Waals surface area contributed by atoms with Gasteiger partial charge in [-0.3, -0.25) is 0 Å². The molecule has 0 fully saturated rings. The maximum atomic E-state index is 11.8. The van der Waals surface area contributed by atoms with E-state index >= 15 is 0 Å². The average Bonchev–Trinajstić information content (AvgIpc) is 2.44. The molecule has 0 heterocycles. The zero-order chi connectivity index (χ0) is 16.2. The van der Waals surface area contributed by atoms with Gasteiger partial charge in [0, 0.05) is 12.2 Å². The van der Waals surface area contributed by atoms with Gasteiger partial charge >= 0.3 is 6.09 Å². The van der Waals surface area contributed by atoms with E-state index in [9.17, 15) is 4.79 Å². The van der Waals surface area contributed by atoms with Crippen molar-refractivity contribution >= 4 is 11.8 Å². The molecule has 0 unspecified atom stereocenters. The fourth-order valence-electron chi connectivity index (χ4n) is 2.14. The van der Waals surface area contributed by atoms with Crippen LogP contribution in [0.2, 0.25) is 0 Å². The lowest BCUT2D eigenvalue weighted by Crippen LogP contribution is -2.32. The summed E-state index contributed by atoms with van der Waals surface area (Å²) in [7, 11) is 0. The molecule has 0 aromatic heterocycles. The molecule has 4 nitrogen and oxygen atoms in total. The molecule has 0 atom stereocenters. The molecule has 0 saturated heterocycles. The number of hydrogen-bond acceptors (Lipinski definition) is 3. The number of carbonyl (C=O) groups excluding carboxylic acids is 1. The number of alkyl carbamates (subject to hydrolysis) is 1. The normalized spacial score (nSPS) is 11.0. The minimum absolute atomic E-state index is 0.403. The summed E-state index contributed by atoms with van der Waals surface area (Å²) in [6.07, 6.45) is -0.421. The van der Waals surface area contributed by atoms with Crippen molar-refractivity contribution in [1.29, 1.82) is 0 Å². The lowest BCUT2D eigenvalue weighted by Gasteiger charge is -2.20. The van der Waals surface area contributed by atoms with E-state index in [1.165, 1.54) is 0 Å². The van der Waals surface area contributed by atoms with Crippen molar-refractivity contribution in [3.63, 3.8) is 0 Å². The third kappa shape index (κ3) is 4.52. The molecule has 0 radical (unpaired) electrons. The van der Waals surface area contributed by atoms with Crippen molar-refractivity contribution in [2.24, 2.45) is 0 Å². The number of rotatable bonds is 3. The Kier molecular flexibility index (Phi) is 4.71. The van der Waals surface area contributed by atoms with E-state index in [4.69, 9.17) is 10.5 Å². The van der Waals surface area contributed by atoms with Crippen LogP contribution < -0.4 is 11.1 Å². The predicted molar refractivity (Wildman–Crippen MR) is 89.4 cm³/mol. The second kappa shape index (κ2) is 6.52. The molecule has 0 aliphatic carbocycles. The summed E-state index contributed by atoms with van der Waals surface area (Å²) in [5, 5.41) is 2.79. The maximum Gasteiger partial charge on any atom is 0.407 e. The van der Waals surface area contributed by atoms with Gasteiger partial charge in [-0.15, -0.1) is 0 Å². The van der Waals surface area contributed by atoms with Crippen LogP contribution in [0.4, 0.5) is 10.5 Å². The number of anilines is 1. The number of nitrogens with two attached hydrogens (primary N) is 1. The molecule has 2 rings (SSSR count). The van der Waals surface area contributed by atoms with Gasteiger partial charge in [-0.1, -0.05) is 36.4 Å². The second-order valence-electron chi connectivity index (χ2n) is 6.14. The van der Waals surface area contributed by atoms with Crippen molar-refractivity contribution in [3.05, 3.63) is 54.1 Å². The Labute approximate surface area is 131 Å². The SMILES string of the molecule is CC(C)(C)OC(=O)NCc1ccccc1-c1cccc(N)c1. The molecular formula is C18H22N2O2. The molecule has 0 aliphatic heterocycles. The molecule has 0 saturated carbocycles. The number of nitrogen functional groups attached to an aromatic ring is 1. The Morgan fingerprint density at radius 1 is 1.14 bits per heavy atom. The van der Waals surface area contributed by atoms with Crippen LogP contribution in [0.25, 0.3) is 11.1 Å². The highest BCUT2D eigenvalue weighted by atomic mass is 16.6. The third-order valence-corrected chi connectivity index (χ3v) is 3.04. The summed E-state index contributed by atoms with van der Waals surface area (Å²) >= 11 is 0. The van der Waals surface area contributed by atoms with Crippen molar-refractivity contribution in [1.82, 2.24) is 5.32 Å². The van der Waals surface area contributed by atoms with Crippen LogP contribution in [-0.2, 0) is 11.3 Å². The minimum Gasteiger partial charge on any atom is -0.444 e. The Hall–Kier alpha value is -2.49. The highest BCUT2D eigenvalue weighted by Crippen LogP contribution is 2.25. The van der Waals surface area contributed by atoms with Crippen molar-refractivity contribution in [2.45, 2.75) is 32.9 Å². The smallest absolute Gasteiger partial charge is 0.407 e. The summed E-state index contributed by atoms with van der Waals surface area (Å²) in [6.45, 7) is 5.92. The Balaban J connectivity index is 2.14. The first-order valence-corrected chi connectivity index (χ1v) is 7.26. The van der Waals surface area contributed by atoms with E-state index in [2.05, 4.69) is 5.32 Å². The molecule has 2 aromatic carbocycles. The van der Waals surface area contributed by atoms with Gasteiger partial charge in [0.1, 0.15) is 5.60 Å². The van der Waals surface area contributed by atoms with Crippen LogP contribution in [0.3, 0.4) is 0 Å². The Morgan fingerprint density at radius 2 is 1.86 bits per heavy atom. The lowest BCUT2D eigenvalue weighted by atomic mass is 9.99. The number of hydrogen-bond donors (Lipinski definition) is 2. The number of ether oxygens (including phenoxy) is 1. The maximum absolute atomic E-state index is 11.8. The van der Waals surface area contributed by atoms with Gasteiger partial charge < -0.3 is 15.8 Å². The summed E-state index contributed by atoms with van der Waals surface area (Å²) in [6, 6.07) is 15.6. The topological polar surface area (TPSA) is 64.3 Å². The zero-order valence-electron chi connectivity index (χ0n) is 13.2. The van der Waals surface area contributed by atoms with Crippen LogP contribution in [-0.4, -0.2) is 11.7 Å². The molecule has 2 aromatic rings. The van der Waals surface area contributed by atoms with E-state index in [1.807, 2.05) is 69.3 Å². The van der Waals surface area contributed by atoms with Gasteiger partial charge in [0.2, 0.25) is 0 Å². The van der Waals surface area contributed by atoms with Gasteiger partial charge in [0.25, 0.3) is 0 Å². The first kappa shape index (κ1) is 15.9. The molecule has 0 aliphatic rings. The van der Waals surface area contributed by atoms with E-state index in [1.54, 1.807) is 0 Å². The molecule has 0 bridgehead atoms. The zero-order valence-corrected chi connectivity index (χ0v) is 13.2. The molecule has 3 N–H and O–H groups in total. The molecule has 1 amide bonds. The second-order valence-corrected chi connectivity index (χ2v) is 6.14. The van der Waals surface area contributed by atoms with E-state index < -0.39 is 11.7 Å². The highest BCUT2D eigenvalue weighted by molar-refractivity contribution is 5.72. The third-order valence-electron chi connectivity index (χ3n) is 3.04. The summed E-state index contributed by atoms with van der Waals surface area (Å²) < 4.78 is 5.25. The molecular weight excluding hydrogens is 276 g/mol. The van der Waals surface area contributed by atoms with Gasteiger partial charge in [-0.2, -0.15) is 0 Å². The first-order valence-electron chi connectivity index (χ1n) is 7.26. The quantitative estimate of drug-likeness (QED) is 0.843. The number of nitrogens with one attached hydrogen (secondary N) is 1. The van der Waals surface area contributed by atoms with Crippen molar-refractivity contribution in [3.8, 4) is 11.1 Å². The molecule has 22 heavy (non-hydrogen) atoms. The molecule has 116 valence electrons. The largest absolute Gasteiger partial charge is 0.444 e. The van der Waals surface area contributed by atoms with Crippen LogP contribution in [0.5, 0.6) is 0 Å². The first-order chi connectivity index (χ1) is 10.3. The van der Waals surface area contributed by atoms with Crippen LogP contribution in [0, 0.1) is 0 Å². The minimum atomic E-state index is -0.502. The van der Waals surface area contributed by atoms with E-state index in [0.29, 0.717) is 12.2 Å². The lowest BCUT2D eigenvalue weighted by molar-refractivity contribution is 0.0523. The summed E-state index contributed by atoms with van der Waals surface area (Å²) in [4.78, 5) is 11.8. The van der Waals surface area contributed by atoms with Gasteiger partial charge in [-0.25, -0.2) is 4.79 Å². The summed E-state index contributed by atoms with van der Waals surface area (Å²) in [5.41, 5.74) is 9.15. The van der Waals surface area contributed by atoms with Crippen LogP contribution in [0.15, 0.2) is 48.5 Å². The average molecular weight is 298 g/mol. The van der Waals surface area contributed by atoms with Crippen LogP contribution >= 0.6 is 0 Å². The molecule has 0 spiro atoms. The fourth-order valence-corrected chi connectivity index (χ4v) is 2.14. The highest BCUT2D eigenvalue weighted by Gasteiger charge is 2.16. The predicted octanol–water partition coefficient (Wildman–Crippen LogP) is 3.96. The number of benzene rings is 2. The Bertz CT molecular complexity index is 660. The number of carbonyl (C=O) groups is 1. The molecule has 4 heteroatoms. The Morgan fingerprint density at radius 3 is 2.55 bits per heavy atom. The monoisotopic (exact) mass is 298 g/mol. The van der Waals surface area contributed by atoms with Gasteiger partial charge in [0.05, 0.1) is 0 Å². The van der Waals surface area contributed by atoms with E-state index in [-0.39, 0.29) is 0 Å². The van der Waals surface area contributed by atoms with Gasteiger partial charge in [-0.05, 0) is 49.6 Å². The van der Waals surface area contributed by atoms with Crippen molar-refractivity contribution in [2.75, 3.05) is 5.73 Å². The van der Waals surface area contributed by atoms with E-state index in [0.717, 1.165) is 16.7 Å². The standard InChI is InChI=1S/C18H22N2O2/c1-18(2,3)22-17(21)20-12-14-7-4-5-10-16(14)13-8-6-9-15(19)11-13/h4-11H,12,19H2,1-3H3,(H,20,21). The van der Waals surface area contributed by atoms with Crippen LogP contribution in [0.1, 0.15) is 26.3 Å². The number of amides is 1. The van der Waals surface area contributed by atoms with Gasteiger partial charge in [0.15, 0.2) is 0 Å². The fraction of sp³-hybridized carbons (Fsp3) is 0.278. The van der Waals surface area contributed by atoms with Crippen molar-refractivity contribution < 1.29 is 9.53 Å².